The Bertz CT molecular complexity index is 1100. The summed E-state index contributed by atoms with van der Waals surface area (Å²) >= 11 is 0. The number of hydrogen-bond donors (Lipinski definition) is 0. The normalized spacial score (nSPS) is 12.0. The van der Waals surface area contributed by atoms with Gasteiger partial charge in [0.1, 0.15) is 0 Å². The molecule has 0 amide bonds. The summed E-state index contributed by atoms with van der Waals surface area (Å²) in [6.07, 6.45) is 3.80. The Kier molecular flexibility index (Phi) is 1.68. The van der Waals surface area contributed by atoms with Crippen LogP contribution in [0, 0.1) is 0 Å². The van der Waals surface area contributed by atoms with Crippen LogP contribution in [0.1, 0.15) is 0 Å². The molecule has 5 rings (SSSR count). The molecule has 0 N–H and O–H groups in total. The van der Waals surface area contributed by atoms with Gasteiger partial charge in [0.2, 0.25) is 0 Å². The minimum Gasteiger partial charge on any atom is -0.295 e. The van der Waals surface area contributed by atoms with Gasteiger partial charge in [0.05, 0.1) is 22.1 Å². The van der Waals surface area contributed by atoms with Crippen LogP contribution in [0.2, 0.25) is 0 Å². The highest BCUT2D eigenvalue weighted by Crippen LogP contribution is 2.25. The number of nitrogens with zero attached hydrogens (tertiary/aromatic N) is 4. The van der Waals surface area contributed by atoms with Crippen LogP contribution in [0.15, 0.2) is 60.9 Å². The molecule has 0 aliphatic rings. The lowest BCUT2D eigenvalue weighted by Crippen LogP contribution is -1.96. The van der Waals surface area contributed by atoms with E-state index in [9.17, 15) is 0 Å². The molecule has 5 aromatic rings. The average Bonchev–Trinajstić information content (AvgIpc) is 3.12. The molecule has 0 unspecified atom stereocenters. The molecule has 0 saturated heterocycles. The maximum absolute atomic E-state index is 4.75. The Hall–Kier alpha value is -2.88. The molecule has 4 nitrogen and oxygen atoms in total. The SMILES string of the molecule is c1ccc2c(c1)nc1c3nccn3c3ccccc3n21. The minimum absolute atomic E-state index is 0.889. The topological polar surface area (TPSA) is 34.6 Å². The smallest absolute Gasteiger partial charge is 0.182 e. The lowest BCUT2D eigenvalue weighted by Gasteiger charge is -2.06. The molecule has 0 bridgehead atoms. The van der Waals surface area contributed by atoms with Crippen LogP contribution in [0.25, 0.3) is 33.4 Å². The highest BCUT2D eigenvalue weighted by atomic mass is 15.1. The van der Waals surface area contributed by atoms with E-state index in [0.29, 0.717) is 0 Å². The van der Waals surface area contributed by atoms with Crippen LogP contribution in [-0.2, 0) is 0 Å². The molecule has 0 spiro atoms. The van der Waals surface area contributed by atoms with E-state index in [0.717, 1.165) is 33.4 Å². The van der Waals surface area contributed by atoms with Crippen LogP contribution in [-0.4, -0.2) is 18.8 Å². The van der Waals surface area contributed by atoms with Crippen molar-refractivity contribution in [2.45, 2.75) is 0 Å². The lowest BCUT2D eigenvalue weighted by molar-refractivity contribution is 1.19. The van der Waals surface area contributed by atoms with Crippen LogP contribution in [0.3, 0.4) is 0 Å². The van der Waals surface area contributed by atoms with E-state index in [4.69, 9.17) is 4.98 Å². The fourth-order valence-electron chi connectivity index (χ4n) is 2.94. The van der Waals surface area contributed by atoms with Gasteiger partial charge in [0.15, 0.2) is 11.3 Å². The van der Waals surface area contributed by atoms with Crippen molar-refractivity contribution in [3.63, 3.8) is 0 Å². The van der Waals surface area contributed by atoms with Crippen molar-refractivity contribution in [2.24, 2.45) is 0 Å². The zero-order valence-electron chi connectivity index (χ0n) is 10.6. The summed E-state index contributed by atoms with van der Waals surface area (Å²) in [7, 11) is 0. The van der Waals surface area contributed by atoms with Crippen molar-refractivity contribution in [1.82, 2.24) is 18.8 Å². The fraction of sp³-hybridized carbons (Fsp3) is 0. The van der Waals surface area contributed by atoms with Gasteiger partial charge in [-0.15, -0.1) is 0 Å². The molecule has 0 aliphatic heterocycles. The van der Waals surface area contributed by atoms with E-state index in [2.05, 4.69) is 38.1 Å². The monoisotopic (exact) mass is 258 g/mol. The number of rotatable bonds is 0. The van der Waals surface area contributed by atoms with E-state index in [1.807, 2.05) is 36.7 Å². The predicted molar refractivity (Wildman–Crippen MR) is 79.0 cm³/mol. The highest BCUT2D eigenvalue weighted by molar-refractivity contribution is 5.94. The van der Waals surface area contributed by atoms with Gasteiger partial charge in [-0.3, -0.25) is 8.80 Å². The summed E-state index contributed by atoms with van der Waals surface area (Å²) < 4.78 is 4.28. The predicted octanol–water partition coefficient (Wildman–Crippen LogP) is 3.29. The molecule has 4 heteroatoms. The first kappa shape index (κ1) is 9.97. The third-order valence-corrected chi connectivity index (χ3v) is 3.78. The molecule has 0 fully saturated rings. The van der Waals surface area contributed by atoms with Crippen molar-refractivity contribution < 1.29 is 0 Å². The molecule has 3 heterocycles. The zero-order valence-corrected chi connectivity index (χ0v) is 10.6. The highest BCUT2D eigenvalue weighted by Gasteiger charge is 2.13. The summed E-state index contributed by atoms with van der Waals surface area (Å²) in [5, 5.41) is 0. The fourth-order valence-corrected chi connectivity index (χ4v) is 2.94. The van der Waals surface area contributed by atoms with E-state index in [-0.39, 0.29) is 0 Å². The van der Waals surface area contributed by atoms with Crippen LogP contribution in [0.4, 0.5) is 0 Å². The second-order valence-electron chi connectivity index (χ2n) is 4.87. The van der Waals surface area contributed by atoms with Gasteiger partial charge in [0.25, 0.3) is 0 Å². The number of benzene rings is 2. The van der Waals surface area contributed by atoms with Crippen molar-refractivity contribution >= 4 is 33.4 Å². The van der Waals surface area contributed by atoms with Crippen molar-refractivity contribution in [1.29, 1.82) is 0 Å². The summed E-state index contributed by atoms with van der Waals surface area (Å²) in [5.74, 6) is 0. The summed E-state index contributed by atoms with van der Waals surface area (Å²) in [5.41, 5.74) is 6.17. The number of aromatic nitrogens is 4. The van der Waals surface area contributed by atoms with Gasteiger partial charge < -0.3 is 0 Å². The average molecular weight is 258 g/mol. The Balaban J connectivity index is 2.27. The number of hydrogen-bond acceptors (Lipinski definition) is 2. The first-order valence-electron chi connectivity index (χ1n) is 6.54. The van der Waals surface area contributed by atoms with E-state index < -0.39 is 0 Å². The van der Waals surface area contributed by atoms with Gasteiger partial charge in [-0.25, -0.2) is 9.97 Å². The Morgan fingerprint density at radius 1 is 0.750 bits per heavy atom. The van der Waals surface area contributed by atoms with Gasteiger partial charge >= 0.3 is 0 Å². The Morgan fingerprint density at radius 3 is 2.40 bits per heavy atom. The standard InChI is InChI=1S/C16H10N4/c1-2-6-12-11(5-1)18-16-15-17-9-10-19(15)13-7-3-4-8-14(13)20(12)16/h1-10H. The van der Waals surface area contributed by atoms with Gasteiger partial charge in [-0.2, -0.15) is 0 Å². The zero-order chi connectivity index (χ0) is 13.1. The van der Waals surface area contributed by atoms with E-state index >= 15 is 0 Å². The maximum atomic E-state index is 4.75. The molecule has 2 aromatic carbocycles. The van der Waals surface area contributed by atoms with Crippen LogP contribution >= 0.6 is 0 Å². The molecule has 3 aromatic heterocycles. The largest absolute Gasteiger partial charge is 0.295 e. The number of imidazole rings is 2. The van der Waals surface area contributed by atoms with Crippen molar-refractivity contribution in [3.8, 4) is 0 Å². The van der Waals surface area contributed by atoms with Crippen LogP contribution < -0.4 is 0 Å². The minimum atomic E-state index is 0.889. The molecular formula is C16H10N4. The quantitative estimate of drug-likeness (QED) is 0.427. The Morgan fingerprint density at radius 2 is 1.50 bits per heavy atom. The second-order valence-corrected chi connectivity index (χ2v) is 4.87. The summed E-state index contributed by atoms with van der Waals surface area (Å²) in [4.78, 5) is 9.22. The van der Waals surface area contributed by atoms with Gasteiger partial charge in [0, 0.05) is 12.4 Å². The van der Waals surface area contributed by atoms with E-state index in [1.54, 1.807) is 0 Å². The molecule has 20 heavy (non-hydrogen) atoms. The second kappa shape index (κ2) is 3.36. The third kappa shape index (κ3) is 1.07. The molecule has 0 aliphatic carbocycles. The Labute approximate surface area is 113 Å². The number of para-hydroxylation sites is 4. The maximum Gasteiger partial charge on any atom is 0.182 e. The lowest BCUT2D eigenvalue weighted by atomic mass is 10.2. The summed E-state index contributed by atoms with van der Waals surface area (Å²) in [6, 6.07) is 16.5. The molecule has 0 atom stereocenters. The molecule has 94 valence electrons. The van der Waals surface area contributed by atoms with Gasteiger partial charge in [-0.1, -0.05) is 24.3 Å². The van der Waals surface area contributed by atoms with Crippen molar-refractivity contribution in [3.05, 3.63) is 60.9 Å². The van der Waals surface area contributed by atoms with E-state index in [1.165, 1.54) is 0 Å². The molecular weight excluding hydrogens is 248 g/mol. The van der Waals surface area contributed by atoms with Crippen molar-refractivity contribution in [2.75, 3.05) is 0 Å². The van der Waals surface area contributed by atoms with Gasteiger partial charge in [-0.05, 0) is 24.3 Å². The summed E-state index contributed by atoms with van der Waals surface area (Å²) in [6.45, 7) is 0. The third-order valence-electron chi connectivity index (χ3n) is 3.78. The number of fused-ring (bicyclic) bond motifs is 8. The first-order chi connectivity index (χ1) is 9.93. The first-order valence-corrected chi connectivity index (χ1v) is 6.54. The van der Waals surface area contributed by atoms with Crippen LogP contribution in [0.5, 0.6) is 0 Å². The molecule has 0 saturated carbocycles. The molecule has 0 radical (unpaired) electrons.